The molecule has 2 rings (SSSR count). The van der Waals surface area contributed by atoms with Gasteiger partial charge in [-0.15, -0.1) is 11.3 Å². The standard InChI is InChI=1S/C14H22ClNS/c1-9(2)14(3,4)8-16-11-5-6-12-10(11)7-13(15)17-12/h7,9,11,16H,5-6,8H2,1-4H3. The first kappa shape index (κ1) is 13.4. The Bertz CT molecular complexity index is 395. The van der Waals surface area contributed by atoms with E-state index in [2.05, 4.69) is 39.1 Å². The van der Waals surface area contributed by atoms with Crippen LogP contribution in [0.2, 0.25) is 4.34 Å². The number of hydrogen-bond acceptors (Lipinski definition) is 2. The second-order valence-corrected chi connectivity index (χ2v) is 7.81. The lowest BCUT2D eigenvalue weighted by molar-refractivity contribution is 0.228. The van der Waals surface area contributed by atoms with E-state index in [9.17, 15) is 0 Å². The molecule has 1 aromatic rings. The van der Waals surface area contributed by atoms with Crippen molar-refractivity contribution < 1.29 is 0 Å². The maximum atomic E-state index is 6.07. The molecule has 0 saturated carbocycles. The lowest BCUT2D eigenvalue weighted by Gasteiger charge is -2.31. The highest BCUT2D eigenvalue weighted by Crippen LogP contribution is 2.39. The van der Waals surface area contributed by atoms with Gasteiger partial charge in [0, 0.05) is 17.5 Å². The molecule has 1 unspecified atom stereocenters. The summed E-state index contributed by atoms with van der Waals surface area (Å²) in [6.45, 7) is 10.3. The Balaban J connectivity index is 1.98. The molecular formula is C14H22ClNS. The molecular weight excluding hydrogens is 250 g/mol. The summed E-state index contributed by atoms with van der Waals surface area (Å²) in [5.41, 5.74) is 1.79. The van der Waals surface area contributed by atoms with Gasteiger partial charge in [-0.25, -0.2) is 0 Å². The first-order chi connectivity index (χ1) is 7.90. The third kappa shape index (κ3) is 2.86. The van der Waals surface area contributed by atoms with Crippen LogP contribution in [0.5, 0.6) is 0 Å². The van der Waals surface area contributed by atoms with E-state index in [0.717, 1.165) is 10.9 Å². The van der Waals surface area contributed by atoms with Crippen molar-refractivity contribution in [2.75, 3.05) is 6.54 Å². The van der Waals surface area contributed by atoms with Crippen molar-refractivity contribution in [3.63, 3.8) is 0 Å². The molecule has 0 aliphatic heterocycles. The maximum Gasteiger partial charge on any atom is 0.0934 e. The molecule has 1 N–H and O–H groups in total. The van der Waals surface area contributed by atoms with Crippen LogP contribution in [0.1, 0.15) is 50.6 Å². The monoisotopic (exact) mass is 271 g/mol. The van der Waals surface area contributed by atoms with Crippen LogP contribution in [0, 0.1) is 11.3 Å². The number of aryl methyl sites for hydroxylation is 1. The van der Waals surface area contributed by atoms with Gasteiger partial charge in [-0.3, -0.25) is 0 Å². The Kier molecular flexibility index (Phi) is 3.86. The van der Waals surface area contributed by atoms with E-state index in [1.54, 1.807) is 11.3 Å². The molecule has 3 heteroatoms. The fourth-order valence-electron chi connectivity index (χ4n) is 2.13. The lowest BCUT2D eigenvalue weighted by Crippen LogP contribution is -2.35. The van der Waals surface area contributed by atoms with Crippen molar-refractivity contribution in [2.45, 2.75) is 46.6 Å². The van der Waals surface area contributed by atoms with Crippen LogP contribution in [-0.2, 0) is 6.42 Å². The number of rotatable bonds is 4. The van der Waals surface area contributed by atoms with Gasteiger partial charge in [-0.05, 0) is 35.8 Å². The fourth-order valence-corrected chi connectivity index (χ4v) is 3.49. The van der Waals surface area contributed by atoms with Gasteiger partial charge in [-0.2, -0.15) is 0 Å². The quantitative estimate of drug-likeness (QED) is 0.840. The van der Waals surface area contributed by atoms with E-state index in [1.165, 1.54) is 23.3 Å². The molecule has 1 nitrogen and oxygen atoms in total. The molecule has 96 valence electrons. The molecule has 17 heavy (non-hydrogen) atoms. The van der Waals surface area contributed by atoms with Crippen LogP contribution >= 0.6 is 22.9 Å². The predicted octanol–water partition coefficient (Wildman–Crippen LogP) is 4.66. The molecule has 1 aliphatic carbocycles. The van der Waals surface area contributed by atoms with Gasteiger partial charge < -0.3 is 5.32 Å². The van der Waals surface area contributed by atoms with Gasteiger partial charge in [0.05, 0.1) is 4.34 Å². The fraction of sp³-hybridized carbons (Fsp3) is 0.714. The summed E-state index contributed by atoms with van der Waals surface area (Å²) in [4.78, 5) is 1.48. The smallest absolute Gasteiger partial charge is 0.0934 e. The van der Waals surface area contributed by atoms with E-state index in [4.69, 9.17) is 11.6 Å². The van der Waals surface area contributed by atoms with Crippen molar-refractivity contribution in [1.29, 1.82) is 0 Å². The van der Waals surface area contributed by atoms with Crippen molar-refractivity contribution in [3.05, 3.63) is 20.8 Å². The minimum Gasteiger partial charge on any atom is -0.309 e. The molecule has 0 radical (unpaired) electrons. The van der Waals surface area contributed by atoms with Crippen LogP contribution < -0.4 is 5.32 Å². The minimum absolute atomic E-state index is 0.350. The Hall–Kier alpha value is -0.0500. The molecule has 0 spiro atoms. The zero-order valence-corrected chi connectivity index (χ0v) is 12.7. The molecule has 0 amide bonds. The van der Waals surface area contributed by atoms with Gasteiger partial charge in [-0.1, -0.05) is 39.3 Å². The summed E-state index contributed by atoms with van der Waals surface area (Å²) in [5, 5.41) is 3.72. The number of nitrogens with one attached hydrogen (secondary N) is 1. The van der Waals surface area contributed by atoms with Crippen molar-refractivity contribution >= 4 is 22.9 Å². The molecule has 1 atom stereocenters. The van der Waals surface area contributed by atoms with E-state index in [0.29, 0.717) is 17.4 Å². The minimum atomic E-state index is 0.350. The summed E-state index contributed by atoms with van der Waals surface area (Å²) in [6, 6.07) is 2.67. The van der Waals surface area contributed by atoms with Gasteiger partial charge in [0.25, 0.3) is 0 Å². The van der Waals surface area contributed by atoms with Crippen LogP contribution in [0.4, 0.5) is 0 Å². The Morgan fingerprint density at radius 2 is 2.24 bits per heavy atom. The Morgan fingerprint density at radius 3 is 2.88 bits per heavy atom. The SMILES string of the molecule is CC(C)C(C)(C)CNC1CCc2sc(Cl)cc21. The average Bonchev–Trinajstić information content (AvgIpc) is 2.74. The number of halogens is 1. The number of fused-ring (bicyclic) bond motifs is 1. The predicted molar refractivity (Wildman–Crippen MR) is 77.0 cm³/mol. The van der Waals surface area contributed by atoms with Crippen molar-refractivity contribution in [1.82, 2.24) is 5.32 Å². The largest absolute Gasteiger partial charge is 0.309 e. The van der Waals surface area contributed by atoms with Crippen LogP contribution in [0.3, 0.4) is 0 Å². The third-order valence-electron chi connectivity index (χ3n) is 4.21. The molecule has 0 fully saturated rings. The first-order valence-electron chi connectivity index (χ1n) is 6.41. The molecule has 1 aliphatic rings. The zero-order valence-electron chi connectivity index (χ0n) is 11.1. The molecule has 0 saturated heterocycles. The van der Waals surface area contributed by atoms with E-state index < -0.39 is 0 Å². The summed E-state index contributed by atoms with van der Waals surface area (Å²) < 4.78 is 0.935. The van der Waals surface area contributed by atoms with E-state index >= 15 is 0 Å². The van der Waals surface area contributed by atoms with Crippen molar-refractivity contribution in [3.8, 4) is 0 Å². The first-order valence-corrected chi connectivity index (χ1v) is 7.61. The van der Waals surface area contributed by atoms with Crippen LogP contribution in [0.25, 0.3) is 0 Å². The number of hydrogen-bond donors (Lipinski definition) is 1. The average molecular weight is 272 g/mol. The molecule has 1 aromatic heterocycles. The normalized spacial score (nSPS) is 20.0. The van der Waals surface area contributed by atoms with Crippen LogP contribution in [0.15, 0.2) is 6.07 Å². The summed E-state index contributed by atoms with van der Waals surface area (Å²) in [7, 11) is 0. The maximum absolute atomic E-state index is 6.07. The number of thiophene rings is 1. The van der Waals surface area contributed by atoms with Gasteiger partial charge >= 0.3 is 0 Å². The topological polar surface area (TPSA) is 12.0 Å². The van der Waals surface area contributed by atoms with E-state index in [1.807, 2.05) is 0 Å². The Labute approximate surface area is 114 Å². The highest BCUT2D eigenvalue weighted by Gasteiger charge is 2.28. The lowest BCUT2D eigenvalue weighted by atomic mass is 9.81. The second-order valence-electron chi connectivity index (χ2n) is 6.04. The van der Waals surface area contributed by atoms with Gasteiger partial charge in [0.2, 0.25) is 0 Å². The van der Waals surface area contributed by atoms with Crippen molar-refractivity contribution in [2.24, 2.45) is 11.3 Å². The van der Waals surface area contributed by atoms with Crippen LogP contribution in [-0.4, -0.2) is 6.54 Å². The molecule has 0 aromatic carbocycles. The third-order valence-corrected chi connectivity index (χ3v) is 5.55. The zero-order chi connectivity index (χ0) is 12.6. The summed E-state index contributed by atoms with van der Waals surface area (Å²) >= 11 is 7.82. The summed E-state index contributed by atoms with van der Waals surface area (Å²) in [5.74, 6) is 0.696. The summed E-state index contributed by atoms with van der Waals surface area (Å²) in [6.07, 6.45) is 2.42. The highest BCUT2D eigenvalue weighted by atomic mass is 35.5. The molecule has 1 heterocycles. The van der Waals surface area contributed by atoms with E-state index in [-0.39, 0.29) is 0 Å². The molecule has 0 bridgehead atoms. The second kappa shape index (κ2) is 4.91. The van der Waals surface area contributed by atoms with Gasteiger partial charge in [0.1, 0.15) is 0 Å². The highest BCUT2D eigenvalue weighted by molar-refractivity contribution is 7.16. The van der Waals surface area contributed by atoms with Gasteiger partial charge in [0.15, 0.2) is 0 Å². The Morgan fingerprint density at radius 1 is 1.53 bits per heavy atom.